The molecule has 0 spiro atoms. The van der Waals surface area contributed by atoms with E-state index in [1.54, 1.807) is 55.5 Å². The van der Waals surface area contributed by atoms with E-state index in [4.69, 9.17) is 16.0 Å². The van der Waals surface area contributed by atoms with Gasteiger partial charge in [-0.3, -0.25) is 9.59 Å². The van der Waals surface area contributed by atoms with Crippen molar-refractivity contribution in [1.82, 2.24) is 5.32 Å². The second-order valence-corrected chi connectivity index (χ2v) is 6.67. The van der Waals surface area contributed by atoms with Crippen LogP contribution in [0.25, 0.3) is 6.08 Å². The number of aryl methyl sites for hydroxylation is 2. The molecule has 2 amide bonds. The van der Waals surface area contributed by atoms with Crippen LogP contribution in [0.3, 0.4) is 0 Å². The summed E-state index contributed by atoms with van der Waals surface area (Å²) in [6.45, 7) is 3.76. The Kier molecular flexibility index (Phi) is 5.96. The molecule has 0 atom stereocenters. The van der Waals surface area contributed by atoms with Crippen LogP contribution >= 0.6 is 11.6 Å². The molecule has 142 valence electrons. The Hall–Kier alpha value is -3.31. The minimum Gasteiger partial charge on any atom is -0.462 e. The molecule has 0 bridgehead atoms. The number of carbonyl (C=O) groups is 2. The first kappa shape index (κ1) is 19.5. The number of anilines is 1. The average Bonchev–Trinajstić information content (AvgIpc) is 3.08. The molecule has 1 aromatic heterocycles. The zero-order chi connectivity index (χ0) is 20.1. The molecule has 0 aliphatic carbocycles. The van der Waals surface area contributed by atoms with Gasteiger partial charge < -0.3 is 15.1 Å². The van der Waals surface area contributed by atoms with Crippen LogP contribution in [0.5, 0.6) is 0 Å². The quantitative estimate of drug-likeness (QED) is 0.601. The highest BCUT2D eigenvalue weighted by Crippen LogP contribution is 2.17. The van der Waals surface area contributed by atoms with Gasteiger partial charge in [0.15, 0.2) is 0 Å². The third-order valence-electron chi connectivity index (χ3n) is 3.97. The van der Waals surface area contributed by atoms with E-state index < -0.39 is 11.8 Å². The van der Waals surface area contributed by atoms with Gasteiger partial charge >= 0.3 is 0 Å². The Labute approximate surface area is 168 Å². The fourth-order valence-electron chi connectivity index (χ4n) is 2.50. The molecule has 5 nitrogen and oxygen atoms in total. The zero-order valence-corrected chi connectivity index (χ0v) is 16.2. The van der Waals surface area contributed by atoms with Gasteiger partial charge in [0.2, 0.25) is 0 Å². The average molecular weight is 395 g/mol. The van der Waals surface area contributed by atoms with Gasteiger partial charge in [-0.15, -0.1) is 0 Å². The Morgan fingerprint density at radius 3 is 2.32 bits per heavy atom. The number of carbonyl (C=O) groups excluding carboxylic acids is 2. The van der Waals surface area contributed by atoms with Crippen LogP contribution in [0.4, 0.5) is 5.69 Å². The van der Waals surface area contributed by atoms with Crippen molar-refractivity contribution >= 4 is 35.2 Å². The van der Waals surface area contributed by atoms with Crippen LogP contribution in [0.2, 0.25) is 5.02 Å². The topological polar surface area (TPSA) is 71.3 Å². The van der Waals surface area contributed by atoms with E-state index in [1.165, 1.54) is 6.08 Å². The van der Waals surface area contributed by atoms with Crippen LogP contribution in [-0.4, -0.2) is 11.8 Å². The molecule has 1 heterocycles. The predicted octanol–water partition coefficient (Wildman–Crippen LogP) is 4.96. The maximum Gasteiger partial charge on any atom is 0.272 e. The van der Waals surface area contributed by atoms with E-state index in [0.717, 1.165) is 5.56 Å². The van der Waals surface area contributed by atoms with Gasteiger partial charge in [0.05, 0.1) is 10.6 Å². The van der Waals surface area contributed by atoms with Crippen LogP contribution in [0.15, 0.2) is 70.8 Å². The summed E-state index contributed by atoms with van der Waals surface area (Å²) in [4.78, 5) is 25.4. The molecular weight excluding hydrogens is 376 g/mol. The lowest BCUT2D eigenvalue weighted by Crippen LogP contribution is -2.30. The lowest BCUT2D eigenvalue weighted by atomic mass is 10.2. The zero-order valence-electron chi connectivity index (χ0n) is 15.5. The molecule has 0 radical (unpaired) electrons. The van der Waals surface area contributed by atoms with Gasteiger partial charge in [0, 0.05) is 11.8 Å². The largest absolute Gasteiger partial charge is 0.462 e. The monoisotopic (exact) mass is 394 g/mol. The predicted molar refractivity (Wildman–Crippen MR) is 110 cm³/mol. The number of nitrogens with one attached hydrogen (secondary N) is 2. The summed E-state index contributed by atoms with van der Waals surface area (Å²) in [5, 5.41) is 5.70. The molecule has 2 aromatic carbocycles. The Morgan fingerprint density at radius 1 is 0.964 bits per heavy atom. The molecule has 0 saturated carbocycles. The molecule has 3 rings (SSSR count). The molecule has 0 saturated heterocycles. The number of furan rings is 1. The number of benzene rings is 2. The van der Waals surface area contributed by atoms with Crippen LogP contribution < -0.4 is 10.6 Å². The summed E-state index contributed by atoms with van der Waals surface area (Å²) in [6, 6.07) is 17.5. The second kappa shape index (κ2) is 8.59. The van der Waals surface area contributed by atoms with Gasteiger partial charge in [-0.1, -0.05) is 41.4 Å². The van der Waals surface area contributed by atoms with Gasteiger partial charge in [-0.05, 0) is 50.2 Å². The molecule has 2 N–H and O–H groups in total. The third kappa shape index (κ3) is 4.90. The van der Waals surface area contributed by atoms with Crippen molar-refractivity contribution < 1.29 is 14.0 Å². The first-order chi connectivity index (χ1) is 13.4. The normalized spacial score (nSPS) is 11.2. The SMILES string of the molecule is Cc1ccc(NC(=O)C(=Cc2ccc(C)o2)NC(=O)c2ccccc2Cl)cc1. The molecule has 28 heavy (non-hydrogen) atoms. The Morgan fingerprint density at radius 2 is 1.68 bits per heavy atom. The Balaban J connectivity index is 1.87. The Bertz CT molecular complexity index is 1040. The van der Waals surface area contributed by atoms with Crippen molar-refractivity contribution in [3.63, 3.8) is 0 Å². The minimum atomic E-state index is -0.487. The number of hydrogen-bond acceptors (Lipinski definition) is 3. The highest BCUT2D eigenvalue weighted by molar-refractivity contribution is 6.34. The fraction of sp³-hybridized carbons (Fsp3) is 0.0909. The van der Waals surface area contributed by atoms with Crippen LogP contribution in [0, 0.1) is 13.8 Å². The fourth-order valence-corrected chi connectivity index (χ4v) is 2.72. The van der Waals surface area contributed by atoms with Crippen LogP contribution in [0.1, 0.15) is 27.4 Å². The van der Waals surface area contributed by atoms with Gasteiger partial charge in [-0.25, -0.2) is 0 Å². The van der Waals surface area contributed by atoms with E-state index in [0.29, 0.717) is 22.2 Å². The summed E-state index contributed by atoms with van der Waals surface area (Å²) in [7, 11) is 0. The van der Waals surface area contributed by atoms with Crippen molar-refractivity contribution in [2.75, 3.05) is 5.32 Å². The summed E-state index contributed by atoms with van der Waals surface area (Å²) >= 11 is 6.09. The second-order valence-electron chi connectivity index (χ2n) is 6.26. The molecule has 0 aliphatic rings. The first-order valence-electron chi connectivity index (χ1n) is 8.64. The van der Waals surface area contributed by atoms with E-state index in [2.05, 4.69) is 10.6 Å². The van der Waals surface area contributed by atoms with Crippen molar-refractivity contribution in [3.8, 4) is 0 Å². The maximum atomic E-state index is 12.8. The summed E-state index contributed by atoms with van der Waals surface area (Å²) in [5.41, 5.74) is 2.00. The summed E-state index contributed by atoms with van der Waals surface area (Å²) in [6.07, 6.45) is 1.48. The van der Waals surface area contributed by atoms with Crippen LogP contribution in [-0.2, 0) is 4.79 Å². The highest BCUT2D eigenvalue weighted by Gasteiger charge is 2.17. The molecular formula is C22H19ClN2O3. The lowest BCUT2D eigenvalue weighted by Gasteiger charge is -2.11. The first-order valence-corrected chi connectivity index (χ1v) is 9.02. The highest BCUT2D eigenvalue weighted by atomic mass is 35.5. The third-order valence-corrected chi connectivity index (χ3v) is 4.30. The summed E-state index contributed by atoms with van der Waals surface area (Å²) < 4.78 is 5.51. The number of amides is 2. The minimum absolute atomic E-state index is 0.0415. The van der Waals surface area contributed by atoms with Crippen molar-refractivity contribution in [3.05, 3.63) is 94.0 Å². The standard InChI is InChI=1S/C22H19ClN2O3/c1-14-7-10-16(11-8-14)24-22(27)20(13-17-12-9-15(2)28-17)25-21(26)18-5-3-4-6-19(18)23/h3-13H,1-2H3,(H,24,27)(H,25,26). The van der Waals surface area contributed by atoms with E-state index in [9.17, 15) is 9.59 Å². The molecule has 6 heteroatoms. The number of hydrogen-bond donors (Lipinski definition) is 2. The summed E-state index contributed by atoms with van der Waals surface area (Å²) in [5.74, 6) is 0.186. The van der Waals surface area contributed by atoms with Crippen molar-refractivity contribution in [2.45, 2.75) is 13.8 Å². The van der Waals surface area contributed by atoms with Gasteiger partial charge in [0.1, 0.15) is 17.2 Å². The number of rotatable bonds is 5. The molecule has 0 fully saturated rings. The maximum absolute atomic E-state index is 12.8. The van der Waals surface area contributed by atoms with Gasteiger partial charge in [0.25, 0.3) is 11.8 Å². The number of halogens is 1. The van der Waals surface area contributed by atoms with E-state index >= 15 is 0 Å². The van der Waals surface area contributed by atoms with E-state index in [1.807, 2.05) is 19.1 Å². The lowest BCUT2D eigenvalue weighted by molar-refractivity contribution is -0.113. The van der Waals surface area contributed by atoms with Crippen molar-refractivity contribution in [1.29, 1.82) is 0 Å². The smallest absolute Gasteiger partial charge is 0.272 e. The van der Waals surface area contributed by atoms with Gasteiger partial charge in [-0.2, -0.15) is 0 Å². The molecule has 3 aromatic rings. The van der Waals surface area contributed by atoms with E-state index in [-0.39, 0.29) is 11.3 Å². The molecule has 0 aliphatic heterocycles. The van der Waals surface area contributed by atoms with Crippen molar-refractivity contribution in [2.24, 2.45) is 0 Å². The molecule has 0 unspecified atom stereocenters.